The molecule has 2 radical (unpaired) electrons. The van der Waals surface area contributed by atoms with Crippen LogP contribution < -0.4 is 0 Å². The van der Waals surface area contributed by atoms with E-state index in [1.54, 1.807) is 0 Å². The topological polar surface area (TPSA) is 0 Å². The normalized spacial score (nSPS) is 10.9. The van der Waals surface area contributed by atoms with Crippen LogP contribution in [0.1, 0.15) is 17.5 Å². The van der Waals surface area contributed by atoms with Crippen LogP contribution in [0.4, 0.5) is 0 Å². The van der Waals surface area contributed by atoms with Gasteiger partial charge in [0.25, 0.3) is 0 Å². The van der Waals surface area contributed by atoms with E-state index >= 15 is 0 Å². The maximum atomic E-state index is 7.49. The van der Waals surface area contributed by atoms with E-state index in [0.717, 1.165) is 0 Å². The Bertz CT molecular complexity index is 469. The van der Waals surface area contributed by atoms with E-state index in [4.69, 9.17) is 6.58 Å². The van der Waals surface area contributed by atoms with E-state index in [0.29, 0.717) is 6.42 Å². The van der Waals surface area contributed by atoms with Crippen molar-refractivity contribution >= 4 is 0 Å². The van der Waals surface area contributed by atoms with E-state index in [1.807, 2.05) is 42.5 Å². The minimum atomic E-state index is -0.301. The van der Waals surface area contributed by atoms with Crippen LogP contribution in [0.2, 0.25) is 0 Å². The van der Waals surface area contributed by atoms with E-state index in [1.165, 1.54) is 17.2 Å². The molecule has 0 aliphatic carbocycles. The highest BCUT2D eigenvalue weighted by Crippen LogP contribution is 2.36. The molecule has 2 aromatic rings. The van der Waals surface area contributed by atoms with Crippen molar-refractivity contribution in [2.75, 3.05) is 0 Å². The van der Waals surface area contributed by atoms with E-state index < -0.39 is 0 Å². The highest BCUT2D eigenvalue weighted by molar-refractivity contribution is 5.44. The zero-order valence-electron chi connectivity index (χ0n) is 10.3. The number of rotatable bonds is 5. The molecule has 2 aromatic carbocycles. The van der Waals surface area contributed by atoms with Gasteiger partial charge in [-0.15, -0.1) is 6.58 Å². The summed E-state index contributed by atoms with van der Waals surface area (Å²) in [5, 5.41) is 0. The van der Waals surface area contributed by atoms with Gasteiger partial charge in [-0.2, -0.15) is 0 Å². The van der Waals surface area contributed by atoms with Crippen LogP contribution in [0.3, 0.4) is 0 Å². The Morgan fingerprint density at radius 1 is 0.889 bits per heavy atom. The second-order valence-corrected chi connectivity index (χ2v) is 4.32. The molecule has 0 saturated carbocycles. The molecular formula is C18H16. The third-order valence-electron chi connectivity index (χ3n) is 3.35. The summed E-state index contributed by atoms with van der Waals surface area (Å²) in [5.74, 6) is 0. The third kappa shape index (κ3) is 2.14. The van der Waals surface area contributed by atoms with Crippen LogP contribution in [-0.4, -0.2) is 0 Å². The molecule has 0 aliphatic heterocycles. The van der Waals surface area contributed by atoms with Crippen molar-refractivity contribution in [3.8, 4) is 0 Å². The van der Waals surface area contributed by atoms with Gasteiger partial charge in [0.05, 0.1) is 0 Å². The zero-order valence-corrected chi connectivity index (χ0v) is 10.3. The molecule has 0 aliphatic rings. The van der Waals surface area contributed by atoms with Crippen LogP contribution in [0.5, 0.6) is 0 Å². The SMILES string of the molecule is [C]=CCC(C=C)(c1ccccc1)c1ccccc1. The highest BCUT2D eigenvalue weighted by Gasteiger charge is 2.29. The van der Waals surface area contributed by atoms with Gasteiger partial charge in [-0.3, -0.25) is 0 Å². The predicted molar refractivity (Wildman–Crippen MR) is 76.3 cm³/mol. The van der Waals surface area contributed by atoms with Crippen molar-refractivity contribution < 1.29 is 0 Å². The summed E-state index contributed by atoms with van der Waals surface area (Å²) in [6.07, 6.45) is 4.04. The molecule has 0 N–H and O–H groups in total. The van der Waals surface area contributed by atoms with Crippen LogP contribution in [0, 0.1) is 6.58 Å². The molecule has 0 spiro atoms. The smallest absolute Gasteiger partial charge is 0.0414 e. The fourth-order valence-corrected chi connectivity index (χ4v) is 2.35. The molecule has 0 aromatic heterocycles. The van der Waals surface area contributed by atoms with Crippen molar-refractivity contribution in [3.63, 3.8) is 0 Å². The largest absolute Gasteiger partial charge is 0.102 e. The van der Waals surface area contributed by atoms with Crippen molar-refractivity contribution in [3.05, 3.63) is 97.1 Å². The monoisotopic (exact) mass is 232 g/mol. The molecule has 0 nitrogen and oxygen atoms in total. The Balaban J connectivity index is 2.60. The maximum absolute atomic E-state index is 7.49. The van der Waals surface area contributed by atoms with E-state index in [-0.39, 0.29) is 5.41 Å². The first-order valence-corrected chi connectivity index (χ1v) is 6.07. The average molecular weight is 232 g/mol. The van der Waals surface area contributed by atoms with Gasteiger partial charge in [0.2, 0.25) is 0 Å². The van der Waals surface area contributed by atoms with Crippen LogP contribution in [-0.2, 0) is 5.41 Å². The fraction of sp³-hybridized carbons (Fsp3) is 0.111. The average Bonchev–Trinajstić information content (AvgIpc) is 2.47. The molecule has 18 heavy (non-hydrogen) atoms. The standard InChI is InChI=1S/C18H16/c1-3-15-18(4-2,16-11-7-5-8-12-16)17-13-9-6-10-14-17/h3-14H,2,15H2. The molecule has 0 heteroatoms. The van der Waals surface area contributed by atoms with Crippen molar-refractivity contribution in [1.82, 2.24) is 0 Å². The summed E-state index contributed by atoms with van der Waals surface area (Å²) in [6, 6.07) is 20.5. The summed E-state index contributed by atoms with van der Waals surface area (Å²) in [6.45, 7) is 11.5. The van der Waals surface area contributed by atoms with Gasteiger partial charge in [0.15, 0.2) is 0 Å². The highest BCUT2D eigenvalue weighted by atomic mass is 14.3. The second kappa shape index (κ2) is 5.50. The van der Waals surface area contributed by atoms with Crippen LogP contribution >= 0.6 is 0 Å². The van der Waals surface area contributed by atoms with Gasteiger partial charge in [0, 0.05) is 5.41 Å². The van der Waals surface area contributed by atoms with Gasteiger partial charge in [0.1, 0.15) is 0 Å². The molecule has 0 atom stereocenters. The second-order valence-electron chi connectivity index (χ2n) is 4.32. The van der Waals surface area contributed by atoms with E-state index in [2.05, 4.69) is 30.8 Å². The Labute approximate surface area is 109 Å². The Morgan fingerprint density at radius 3 is 1.67 bits per heavy atom. The third-order valence-corrected chi connectivity index (χ3v) is 3.35. The summed E-state index contributed by atoms with van der Waals surface area (Å²) >= 11 is 0. The minimum Gasteiger partial charge on any atom is -0.102 e. The molecule has 0 heterocycles. The number of hydrogen-bond acceptors (Lipinski definition) is 0. The summed E-state index contributed by atoms with van der Waals surface area (Å²) in [5.41, 5.74) is 2.05. The number of hydrogen-bond donors (Lipinski definition) is 0. The van der Waals surface area contributed by atoms with Crippen molar-refractivity contribution in [2.45, 2.75) is 11.8 Å². The lowest BCUT2D eigenvalue weighted by Gasteiger charge is -2.30. The molecule has 2 rings (SSSR count). The Morgan fingerprint density at radius 2 is 1.33 bits per heavy atom. The lowest BCUT2D eigenvalue weighted by molar-refractivity contribution is 0.656. The molecule has 0 bridgehead atoms. The quantitative estimate of drug-likeness (QED) is 0.670. The van der Waals surface area contributed by atoms with Gasteiger partial charge < -0.3 is 0 Å². The van der Waals surface area contributed by atoms with Crippen molar-refractivity contribution in [1.29, 1.82) is 0 Å². The molecule has 0 amide bonds. The summed E-state index contributed by atoms with van der Waals surface area (Å²) in [4.78, 5) is 0. The van der Waals surface area contributed by atoms with Gasteiger partial charge in [-0.25, -0.2) is 0 Å². The summed E-state index contributed by atoms with van der Waals surface area (Å²) < 4.78 is 0. The van der Waals surface area contributed by atoms with Gasteiger partial charge in [-0.05, 0) is 24.1 Å². The number of allylic oxidation sites excluding steroid dienone is 2. The van der Waals surface area contributed by atoms with E-state index in [9.17, 15) is 0 Å². The minimum absolute atomic E-state index is 0.301. The van der Waals surface area contributed by atoms with Crippen molar-refractivity contribution in [2.24, 2.45) is 0 Å². The first-order chi connectivity index (χ1) is 8.83. The first-order valence-electron chi connectivity index (χ1n) is 6.07. The summed E-state index contributed by atoms with van der Waals surface area (Å²) in [7, 11) is 0. The number of benzene rings is 2. The molecular weight excluding hydrogens is 216 g/mol. The molecule has 88 valence electrons. The predicted octanol–water partition coefficient (Wildman–Crippen LogP) is 4.41. The van der Waals surface area contributed by atoms with Crippen LogP contribution in [0.25, 0.3) is 0 Å². The lowest BCUT2D eigenvalue weighted by atomic mass is 9.72. The Kier molecular flexibility index (Phi) is 3.78. The lowest BCUT2D eigenvalue weighted by Crippen LogP contribution is -2.24. The maximum Gasteiger partial charge on any atom is 0.0414 e. The van der Waals surface area contributed by atoms with Gasteiger partial charge >= 0.3 is 0 Å². The van der Waals surface area contributed by atoms with Crippen LogP contribution in [0.15, 0.2) is 79.4 Å². The Hall–Kier alpha value is -2.08. The zero-order chi connectivity index (χ0) is 12.8. The fourth-order valence-electron chi connectivity index (χ4n) is 2.35. The molecule has 0 saturated heterocycles. The first kappa shape index (κ1) is 12.4. The molecule has 0 fully saturated rings. The molecule has 0 unspecified atom stereocenters. The van der Waals surface area contributed by atoms with Gasteiger partial charge in [-0.1, -0.05) is 72.8 Å².